The van der Waals surface area contributed by atoms with Gasteiger partial charge in [-0.1, -0.05) is 46.3 Å². The molecule has 150 valence electrons. The van der Waals surface area contributed by atoms with Gasteiger partial charge in [0, 0.05) is 10.2 Å². The highest BCUT2D eigenvalue weighted by atomic mass is 127. The summed E-state index contributed by atoms with van der Waals surface area (Å²) in [7, 11) is 0. The van der Waals surface area contributed by atoms with Crippen LogP contribution in [0, 0.1) is 18.5 Å². The van der Waals surface area contributed by atoms with Gasteiger partial charge >= 0.3 is 0 Å². The third kappa shape index (κ3) is 6.30. The number of halogens is 3. The van der Waals surface area contributed by atoms with E-state index < -0.39 is 5.91 Å². The Morgan fingerprint density at radius 1 is 1.07 bits per heavy atom. The molecule has 0 aromatic heterocycles. The molecular formula is C23H15BrI2N2O2. The molecule has 4 nitrogen and oxygen atoms in total. The smallest absolute Gasteiger partial charge is 0.266 e. The molecule has 0 heterocycles. The first-order chi connectivity index (χ1) is 14.5. The molecule has 0 radical (unpaired) electrons. The summed E-state index contributed by atoms with van der Waals surface area (Å²) in [6.07, 6.45) is 1.58. The Morgan fingerprint density at radius 3 is 2.30 bits per heavy atom. The summed E-state index contributed by atoms with van der Waals surface area (Å²) >= 11 is 7.84. The molecule has 30 heavy (non-hydrogen) atoms. The van der Waals surface area contributed by atoms with Gasteiger partial charge in [-0.3, -0.25) is 4.79 Å². The van der Waals surface area contributed by atoms with Gasteiger partial charge in [0.15, 0.2) is 0 Å². The van der Waals surface area contributed by atoms with Crippen molar-refractivity contribution in [1.82, 2.24) is 0 Å². The lowest BCUT2D eigenvalue weighted by Gasteiger charge is -2.12. The minimum absolute atomic E-state index is 0.0361. The molecule has 3 aromatic carbocycles. The molecule has 0 fully saturated rings. The zero-order valence-electron chi connectivity index (χ0n) is 15.5. The number of rotatable bonds is 6. The Hall–Kier alpha value is -1.90. The molecule has 0 bridgehead atoms. The molecule has 0 saturated carbocycles. The van der Waals surface area contributed by atoms with Gasteiger partial charge in [0.05, 0.1) is 7.14 Å². The molecule has 1 N–H and O–H groups in total. The number of amides is 1. The maximum absolute atomic E-state index is 12.4. The van der Waals surface area contributed by atoms with Crippen molar-refractivity contribution in [2.45, 2.75) is 6.61 Å². The lowest BCUT2D eigenvalue weighted by Crippen LogP contribution is -2.13. The molecule has 7 heteroatoms. The van der Waals surface area contributed by atoms with Crippen molar-refractivity contribution in [3.05, 3.63) is 95.0 Å². The van der Waals surface area contributed by atoms with Crippen molar-refractivity contribution in [3.63, 3.8) is 0 Å². The van der Waals surface area contributed by atoms with E-state index >= 15 is 0 Å². The first kappa shape index (κ1) is 22.8. The predicted octanol–water partition coefficient (Wildman–Crippen LogP) is 6.78. The monoisotopic (exact) mass is 684 g/mol. The van der Waals surface area contributed by atoms with Crippen molar-refractivity contribution < 1.29 is 9.53 Å². The van der Waals surface area contributed by atoms with E-state index in [0.717, 1.165) is 28.5 Å². The SMILES string of the molecule is N#C/C(=C/c1cc(I)c(OCc2ccc(Br)cc2)c(I)c1)C(=O)Nc1ccccc1. The van der Waals surface area contributed by atoms with Crippen molar-refractivity contribution in [2.24, 2.45) is 0 Å². The standard InChI is InChI=1S/C23H15BrI2N2O2/c24-18-8-6-15(7-9-18)14-30-22-20(25)11-16(12-21(22)26)10-17(13-27)23(29)28-19-4-2-1-3-5-19/h1-12H,14H2,(H,28,29)/b17-10-. The Kier molecular flexibility index (Phi) is 8.30. The van der Waals surface area contributed by atoms with Crippen LogP contribution in [-0.2, 0) is 11.4 Å². The second kappa shape index (κ2) is 10.9. The zero-order valence-corrected chi connectivity index (χ0v) is 21.4. The van der Waals surface area contributed by atoms with Crippen LogP contribution >= 0.6 is 61.1 Å². The number of hydrogen-bond donors (Lipinski definition) is 1. The van der Waals surface area contributed by atoms with Crippen molar-refractivity contribution in [2.75, 3.05) is 5.32 Å². The average Bonchev–Trinajstić information content (AvgIpc) is 2.73. The topological polar surface area (TPSA) is 62.1 Å². The van der Waals surface area contributed by atoms with Gasteiger partial charge in [-0.25, -0.2) is 0 Å². The van der Waals surface area contributed by atoms with Gasteiger partial charge in [0.25, 0.3) is 5.91 Å². The van der Waals surface area contributed by atoms with E-state index in [0.29, 0.717) is 12.3 Å². The van der Waals surface area contributed by atoms with Crippen molar-refractivity contribution in [1.29, 1.82) is 5.26 Å². The number of ether oxygens (including phenoxy) is 1. The summed E-state index contributed by atoms with van der Waals surface area (Å²) in [6, 6.07) is 22.8. The van der Waals surface area contributed by atoms with E-state index in [-0.39, 0.29) is 5.57 Å². The number of nitrogens with one attached hydrogen (secondary N) is 1. The highest BCUT2D eigenvalue weighted by molar-refractivity contribution is 14.1. The van der Waals surface area contributed by atoms with Gasteiger partial charge in [0.2, 0.25) is 0 Å². The van der Waals surface area contributed by atoms with Crippen LogP contribution in [0.5, 0.6) is 5.75 Å². The summed E-state index contributed by atoms with van der Waals surface area (Å²) in [5, 5.41) is 12.2. The fraction of sp³-hybridized carbons (Fsp3) is 0.0435. The van der Waals surface area contributed by atoms with Gasteiger partial charge in [-0.15, -0.1) is 0 Å². The predicted molar refractivity (Wildman–Crippen MR) is 139 cm³/mol. The largest absolute Gasteiger partial charge is 0.487 e. The van der Waals surface area contributed by atoms with Gasteiger partial charge < -0.3 is 10.1 Å². The molecule has 0 saturated heterocycles. The first-order valence-corrected chi connectivity index (χ1v) is 11.8. The van der Waals surface area contributed by atoms with Crippen LogP contribution in [-0.4, -0.2) is 5.91 Å². The number of anilines is 1. The molecular weight excluding hydrogens is 670 g/mol. The molecule has 0 unspecified atom stereocenters. The Balaban J connectivity index is 1.76. The molecule has 0 aliphatic rings. The molecule has 3 rings (SSSR count). The van der Waals surface area contributed by atoms with Gasteiger partial charge in [-0.2, -0.15) is 5.26 Å². The Labute approximate surface area is 210 Å². The summed E-state index contributed by atoms with van der Waals surface area (Å²) in [5.74, 6) is 0.341. The number of carbonyl (C=O) groups is 1. The maximum Gasteiger partial charge on any atom is 0.266 e. The van der Waals surface area contributed by atoms with Gasteiger partial charge in [-0.05, 0) is 98.8 Å². The van der Waals surface area contributed by atoms with Crippen LogP contribution in [0.4, 0.5) is 5.69 Å². The second-order valence-electron chi connectivity index (χ2n) is 6.22. The first-order valence-electron chi connectivity index (χ1n) is 8.81. The third-order valence-electron chi connectivity index (χ3n) is 4.02. The quantitative estimate of drug-likeness (QED) is 0.177. The number of carbonyl (C=O) groups excluding carboxylic acids is 1. The lowest BCUT2D eigenvalue weighted by molar-refractivity contribution is -0.112. The summed E-state index contributed by atoms with van der Waals surface area (Å²) in [4.78, 5) is 12.4. The van der Waals surface area contributed by atoms with E-state index in [4.69, 9.17) is 4.74 Å². The van der Waals surface area contributed by atoms with Crippen molar-refractivity contribution >= 4 is 78.8 Å². The summed E-state index contributed by atoms with van der Waals surface area (Å²) < 4.78 is 8.85. The number of hydrogen-bond acceptors (Lipinski definition) is 3. The highest BCUT2D eigenvalue weighted by Crippen LogP contribution is 2.30. The van der Waals surface area contributed by atoms with E-state index in [1.807, 2.05) is 60.7 Å². The van der Waals surface area contributed by atoms with E-state index in [9.17, 15) is 10.1 Å². The third-order valence-corrected chi connectivity index (χ3v) is 6.16. The number of nitriles is 1. The molecule has 3 aromatic rings. The number of para-hydroxylation sites is 1. The van der Waals surface area contributed by atoms with E-state index in [2.05, 4.69) is 66.4 Å². The van der Waals surface area contributed by atoms with Crippen LogP contribution < -0.4 is 10.1 Å². The van der Waals surface area contributed by atoms with Crippen molar-refractivity contribution in [3.8, 4) is 11.8 Å². The number of benzene rings is 3. The maximum atomic E-state index is 12.4. The van der Waals surface area contributed by atoms with Crippen LogP contribution in [0.3, 0.4) is 0 Å². The van der Waals surface area contributed by atoms with Gasteiger partial charge in [0.1, 0.15) is 24.0 Å². The van der Waals surface area contributed by atoms with Crippen LogP contribution in [0.25, 0.3) is 6.08 Å². The minimum Gasteiger partial charge on any atom is -0.487 e. The average molecular weight is 685 g/mol. The van der Waals surface area contributed by atoms with Crippen LogP contribution in [0.1, 0.15) is 11.1 Å². The molecule has 0 aliphatic heterocycles. The normalized spacial score (nSPS) is 10.9. The lowest BCUT2D eigenvalue weighted by atomic mass is 10.1. The highest BCUT2D eigenvalue weighted by Gasteiger charge is 2.13. The van der Waals surface area contributed by atoms with E-state index in [1.165, 1.54) is 0 Å². The fourth-order valence-electron chi connectivity index (χ4n) is 2.57. The number of nitrogens with zero attached hydrogens (tertiary/aromatic N) is 1. The molecule has 1 amide bonds. The fourth-order valence-corrected chi connectivity index (χ4v) is 4.96. The van der Waals surface area contributed by atoms with Crippen LogP contribution in [0.15, 0.2) is 76.8 Å². The summed E-state index contributed by atoms with van der Waals surface area (Å²) in [6.45, 7) is 0.456. The minimum atomic E-state index is -0.440. The second-order valence-corrected chi connectivity index (χ2v) is 9.46. The summed E-state index contributed by atoms with van der Waals surface area (Å²) in [5.41, 5.74) is 2.51. The van der Waals surface area contributed by atoms with Crippen LogP contribution in [0.2, 0.25) is 0 Å². The Bertz CT molecular complexity index is 1100. The molecule has 0 atom stereocenters. The Morgan fingerprint density at radius 2 is 1.70 bits per heavy atom. The molecule has 0 spiro atoms. The molecule has 0 aliphatic carbocycles. The zero-order chi connectivity index (χ0) is 21.5. The van der Waals surface area contributed by atoms with E-state index in [1.54, 1.807) is 18.2 Å².